The van der Waals surface area contributed by atoms with Gasteiger partial charge in [0.1, 0.15) is 6.04 Å². The number of ether oxygens (including phenoxy) is 1. The van der Waals surface area contributed by atoms with Gasteiger partial charge in [-0.3, -0.25) is 4.79 Å². The van der Waals surface area contributed by atoms with E-state index in [0.717, 1.165) is 12.8 Å². The zero-order valence-corrected chi connectivity index (χ0v) is 9.66. The molecule has 1 saturated heterocycles. The van der Waals surface area contributed by atoms with Crippen LogP contribution in [0.1, 0.15) is 33.1 Å². The Morgan fingerprint density at radius 2 is 2.13 bits per heavy atom. The van der Waals surface area contributed by atoms with Crippen molar-refractivity contribution in [2.75, 3.05) is 13.7 Å². The Kier molecular flexibility index (Phi) is 4.12. The van der Waals surface area contributed by atoms with E-state index in [2.05, 4.69) is 4.74 Å². The Labute approximate surface area is 90.6 Å². The highest BCUT2D eigenvalue weighted by atomic mass is 16.5. The molecule has 1 heterocycles. The van der Waals surface area contributed by atoms with Crippen LogP contribution in [-0.2, 0) is 14.3 Å². The fraction of sp³-hybridized carbons (Fsp3) is 0.818. The smallest absolute Gasteiger partial charge is 0.328 e. The second kappa shape index (κ2) is 5.14. The molecule has 0 aromatic carbocycles. The molecule has 0 N–H and O–H groups in total. The average Bonchev–Trinajstić information content (AvgIpc) is 2.63. The van der Waals surface area contributed by atoms with Crippen molar-refractivity contribution in [1.82, 2.24) is 4.90 Å². The summed E-state index contributed by atoms with van der Waals surface area (Å²) >= 11 is 0. The summed E-state index contributed by atoms with van der Waals surface area (Å²) in [4.78, 5) is 24.9. The van der Waals surface area contributed by atoms with Gasteiger partial charge in [0.15, 0.2) is 0 Å². The van der Waals surface area contributed by atoms with Crippen LogP contribution in [0.25, 0.3) is 0 Å². The molecule has 1 aliphatic heterocycles. The van der Waals surface area contributed by atoms with Crippen LogP contribution in [0, 0.1) is 5.92 Å². The van der Waals surface area contributed by atoms with Crippen LogP contribution in [0.4, 0.5) is 0 Å². The SMILES string of the molecule is COC(=O)C1CCCN1C(=O)CC(C)C. The fourth-order valence-electron chi connectivity index (χ4n) is 1.91. The van der Waals surface area contributed by atoms with Gasteiger partial charge in [-0.15, -0.1) is 0 Å². The number of amides is 1. The third-order valence-electron chi connectivity index (χ3n) is 2.63. The molecule has 0 saturated carbocycles. The molecule has 15 heavy (non-hydrogen) atoms. The van der Waals surface area contributed by atoms with E-state index >= 15 is 0 Å². The quantitative estimate of drug-likeness (QED) is 0.662. The molecule has 1 atom stereocenters. The topological polar surface area (TPSA) is 46.6 Å². The highest BCUT2D eigenvalue weighted by Crippen LogP contribution is 2.20. The van der Waals surface area contributed by atoms with Gasteiger partial charge in [-0.2, -0.15) is 0 Å². The summed E-state index contributed by atoms with van der Waals surface area (Å²) in [5, 5.41) is 0. The second-order valence-corrected chi connectivity index (χ2v) is 4.37. The van der Waals surface area contributed by atoms with Crippen LogP contribution < -0.4 is 0 Å². The zero-order chi connectivity index (χ0) is 11.4. The first-order valence-corrected chi connectivity index (χ1v) is 5.43. The summed E-state index contributed by atoms with van der Waals surface area (Å²) in [7, 11) is 1.37. The minimum absolute atomic E-state index is 0.0675. The van der Waals surface area contributed by atoms with Crippen molar-refractivity contribution in [2.24, 2.45) is 5.92 Å². The van der Waals surface area contributed by atoms with Crippen molar-refractivity contribution in [3.8, 4) is 0 Å². The van der Waals surface area contributed by atoms with Crippen molar-refractivity contribution in [3.05, 3.63) is 0 Å². The number of esters is 1. The predicted molar refractivity (Wildman–Crippen MR) is 56.2 cm³/mol. The average molecular weight is 213 g/mol. The molecule has 0 aromatic heterocycles. The van der Waals surface area contributed by atoms with Crippen LogP contribution in [0.15, 0.2) is 0 Å². The third kappa shape index (κ3) is 2.94. The molecule has 0 bridgehead atoms. The lowest BCUT2D eigenvalue weighted by atomic mass is 10.1. The van der Waals surface area contributed by atoms with Gasteiger partial charge in [0.05, 0.1) is 7.11 Å². The third-order valence-corrected chi connectivity index (χ3v) is 2.63. The van der Waals surface area contributed by atoms with Gasteiger partial charge in [0.25, 0.3) is 0 Å². The van der Waals surface area contributed by atoms with Crippen LogP contribution in [0.3, 0.4) is 0 Å². The Morgan fingerprint density at radius 1 is 1.47 bits per heavy atom. The van der Waals surface area contributed by atoms with E-state index in [0.29, 0.717) is 18.9 Å². The molecule has 86 valence electrons. The Bertz CT molecular complexity index is 250. The van der Waals surface area contributed by atoms with E-state index < -0.39 is 0 Å². The standard InChI is InChI=1S/C11H19NO3/c1-8(2)7-10(13)12-6-4-5-9(12)11(14)15-3/h8-9H,4-7H2,1-3H3. The van der Waals surface area contributed by atoms with Crippen molar-refractivity contribution in [2.45, 2.75) is 39.2 Å². The summed E-state index contributed by atoms with van der Waals surface area (Å²) < 4.78 is 4.69. The van der Waals surface area contributed by atoms with Gasteiger partial charge in [-0.1, -0.05) is 13.8 Å². The zero-order valence-electron chi connectivity index (χ0n) is 9.66. The van der Waals surface area contributed by atoms with Crippen molar-refractivity contribution < 1.29 is 14.3 Å². The molecule has 1 amide bonds. The lowest BCUT2D eigenvalue weighted by molar-refractivity contribution is -0.151. The molecule has 0 spiro atoms. The molecule has 4 heteroatoms. The summed E-state index contributed by atoms with van der Waals surface area (Å²) in [6, 6.07) is -0.346. The molecular weight excluding hydrogens is 194 g/mol. The van der Waals surface area contributed by atoms with Gasteiger partial charge in [-0.05, 0) is 18.8 Å². The van der Waals surface area contributed by atoms with Crippen LogP contribution in [-0.4, -0.2) is 36.5 Å². The summed E-state index contributed by atoms with van der Waals surface area (Å²) in [6.07, 6.45) is 2.13. The number of hydrogen-bond acceptors (Lipinski definition) is 3. The molecule has 0 aliphatic carbocycles. The maximum Gasteiger partial charge on any atom is 0.328 e. The number of methoxy groups -OCH3 is 1. The highest BCUT2D eigenvalue weighted by molar-refractivity contribution is 5.85. The molecule has 1 fully saturated rings. The van der Waals surface area contributed by atoms with Gasteiger partial charge >= 0.3 is 5.97 Å². The highest BCUT2D eigenvalue weighted by Gasteiger charge is 2.34. The summed E-state index contributed by atoms with van der Waals surface area (Å²) in [5.74, 6) is 0.110. The van der Waals surface area contributed by atoms with E-state index in [-0.39, 0.29) is 17.9 Å². The van der Waals surface area contributed by atoms with Crippen LogP contribution in [0.2, 0.25) is 0 Å². The Morgan fingerprint density at radius 3 is 2.67 bits per heavy atom. The number of carbonyl (C=O) groups excluding carboxylic acids is 2. The van der Waals surface area contributed by atoms with E-state index in [1.807, 2.05) is 13.8 Å². The largest absolute Gasteiger partial charge is 0.467 e. The van der Waals surface area contributed by atoms with Crippen LogP contribution >= 0.6 is 0 Å². The maximum absolute atomic E-state index is 11.8. The molecule has 1 unspecified atom stereocenters. The predicted octanol–water partition coefficient (Wildman–Crippen LogP) is 1.20. The van der Waals surface area contributed by atoms with E-state index in [1.165, 1.54) is 7.11 Å². The lowest BCUT2D eigenvalue weighted by Gasteiger charge is -2.23. The molecule has 0 radical (unpaired) electrons. The number of likely N-dealkylation sites (tertiary alicyclic amines) is 1. The number of hydrogen-bond donors (Lipinski definition) is 0. The number of carbonyl (C=O) groups is 2. The molecule has 0 aromatic rings. The minimum atomic E-state index is -0.346. The van der Waals surface area contributed by atoms with E-state index in [1.54, 1.807) is 4.90 Å². The van der Waals surface area contributed by atoms with E-state index in [4.69, 9.17) is 0 Å². The number of nitrogens with zero attached hydrogens (tertiary/aromatic N) is 1. The normalized spacial score (nSPS) is 20.8. The summed E-state index contributed by atoms with van der Waals surface area (Å²) in [6.45, 7) is 4.69. The second-order valence-electron chi connectivity index (χ2n) is 4.37. The molecule has 1 aliphatic rings. The molecule has 1 rings (SSSR count). The maximum atomic E-state index is 11.8. The number of rotatable bonds is 3. The monoisotopic (exact) mass is 213 g/mol. The Balaban J connectivity index is 2.60. The molecule has 4 nitrogen and oxygen atoms in total. The Hall–Kier alpha value is -1.06. The van der Waals surface area contributed by atoms with E-state index in [9.17, 15) is 9.59 Å². The fourth-order valence-corrected chi connectivity index (χ4v) is 1.91. The first kappa shape index (κ1) is 12.0. The first-order valence-electron chi connectivity index (χ1n) is 5.43. The summed E-state index contributed by atoms with van der Waals surface area (Å²) in [5.41, 5.74) is 0. The van der Waals surface area contributed by atoms with Gasteiger partial charge < -0.3 is 9.64 Å². The lowest BCUT2D eigenvalue weighted by Crippen LogP contribution is -2.41. The van der Waals surface area contributed by atoms with Gasteiger partial charge in [0.2, 0.25) is 5.91 Å². The van der Waals surface area contributed by atoms with Gasteiger partial charge in [-0.25, -0.2) is 4.79 Å². The minimum Gasteiger partial charge on any atom is -0.467 e. The molecular formula is C11H19NO3. The first-order chi connectivity index (χ1) is 7.06. The van der Waals surface area contributed by atoms with Crippen molar-refractivity contribution >= 4 is 11.9 Å². The van der Waals surface area contributed by atoms with Crippen LogP contribution in [0.5, 0.6) is 0 Å². The van der Waals surface area contributed by atoms with Crippen molar-refractivity contribution in [1.29, 1.82) is 0 Å². The van der Waals surface area contributed by atoms with Gasteiger partial charge in [0, 0.05) is 13.0 Å². The van der Waals surface area contributed by atoms with Crippen molar-refractivity contribution in [3.63, 3.8) is 0 Å².